The third-order valence-corrected chi connectivity index (χ3v) is 19.9. The number of hydrogen-bond acceptors (Lipinski definition) is 3. The standard InChI is InChI=1S/C67H75BN2O/c1-40-34-53-58-54(35-40)70(51-25-24-45-57(56(51)41-18-16-15-17-19-41)65(11,12)29-28-62(45,5)6)52-38-47-46(63(7,8)26-27-64(47,9)10)37-50(52)68(58)60-59(69(53)43-22-20-42(21-23-43)61(2,3)4)44-36-48-49(39-55(44)71-60)67(14)32-30-66(48,13)31-33-67/h15-25,34-39H,26-33H2,1-14H3. The van der Waals surface area contributed by atoms with Crippen LogP contribution < -0.4 is 26.4 Å². The third-order valence-electron chi connectivity index (χ3n) is 19.9. The molecule has 0 unspecified atom stereocenters. The van der Waals surface area contributed by atoms with Crippen LogP contribution in [0.1, 0.15) is 186 Å². The zero-order chi connectivity index (χ0) is 49.7. The van der Waals surface area contributed by atoms with Gasteiger partial charge in [0.1, 0.15) is 5.58 Å². The van der Waals surface area contributed by atoms with Crippen LogP contribution in [0, 0.1) is 6.92 Å². The van der Waals surface area contributed by atoms with E-state index in [9.17, 15) is 0 Å². The Kier molecular flexibility index (Phi) is 9.20. The highest BCUT2D eigenvalue weighted by atomic mass is 16.3. The van der Waals surface area contributed by atoms with Crippen molar-refractivity contribution in [1.82, 2.24) is 0 Å². The topological polar surface area (TPSA) is 19.6 Å². The maximum atomic E-state index is 7.74. The molecule has 1 fully saturated rings. The summed E-state index contributed by atoms with van der Waals surface area (Å²) in [5, 5.41) is 1.25. The Balaban J connectivity index is 1.18. The number of anilines is 6. The summed E-state index contributed by atoms with van der Waals surface area (Å²) in [7, 11) is 0. The van der Waals surface area contributed by atoms with Gasteiger partial charge in [0, 0.05) is 33.7 Å². The van der Waals surface area contributed by atoms with Crippen LogP contribution in [0.25, 0.3) is 22.1 Å². The van der Waals surface area contributed by atoms with Gasteiger partial charge in [-0.2, -0.15) is 0 Å². The number of hydrogen-bond donors (Lipinski definition) is 0. The summed E-state index contributed by atoms with van der Waals surface area (Å²) in [4.78, 5) is 5.36. The van der Waals surface area contributed by atoms with Gasteiger partial charge in [0.25, 0.3) is 6.71 Å². The predicted octanol–water partition coefficient (Wildman–Crippen LogP) is 16.6. The molecular formula is C67H75BN2O. The average molecular weight is 935 g/mol. The largest absolute Gasteiger partial charge is 0.468 e. The molecule has 1 saturated carbocycles. The molecule has 362 valence electrons. The number of furan rings is 1. The van der Waals surface area contributed by atoms with E-state index in [1.165, 1.54) is 133 Å². The lowest BCUT2D eigenvalue weighted by molar-refractivity contribution is 0.188. The minimum Gasteiger partial charge on any atom is -0.468 e. The van der Waals surface area contributed by atoms with E-state index >= 15 is 0 Å². The van der Waals surface area contributed by atoms with Crippen LogP contribution in [0.5, 0.6) is 0 Å². The van der Waals surface area contributed by atoms with Gasteiger partial charge in [0.15, 0.2) is 0 Å². The second-order valence-corrected chi connectivity index (χ2v) is 27.7. The van der Waals surface area contributed by atoms with E-state index in [2.05, 4.69) is 210 Å². The minimum atomic E-state index is -0.112. The summed E-state index contributed by atoms with van der Waals surface area (Å²) in [5.74, 6) is 0. The van der Waals surface area contributed by atoms with Gasteiger partial charge in [-0.1, -0.05) is 145 Å². The first kappa shape index (κ1) is 45.4. The Labute approximate surface area is 425 Å². The summed E-state index contributed by atoms with van der Waals surface area (Å²) in [6.07, 6.45) is 9.62. The first-order valence-electron chi connectivity index (χ1n) is 27.3. The highest BCUT2D eigenvalue weighted by molar-refractivity contribution is 7.00. The molecule has 7 aliphatic rings. The quantitative estimate of drug-likeness (QED) is 0.165. The Morgan fingerprint density at radius 3 is 1.69 bits per heavy atom. The average Bonchev–Trinajstić information content (AvgIpc) is 3.70. The lowest BCUT2D eigenvalue weighted by Gasteiger charge is -2.52. The maximum Gasteiger partial charge on any atom is 0.297 e. The van der Waals surface area contributed by atoms with E-state index in [0.29, 0.717) is 0 Å². The maximum absolute atomic E-state index is 7.74. The molecule has 0 radical (unpaired) electrons. The molecule has 0 atom stereocenters. The third kappa shape index (κ3) is 6.34. The number of nitrogens with zero attached hydrogens (tertiary/aromatic N) is 2. The van der Waals surface area contributed by atoms with Gasteiger partial charge in [-0.25, -0.2) is 0 Å². The van der Waals surface area contributed by atoms with Crippen LogP contribution in [-0.4, -0.2) is 6.71 Å². The highest BCUT2D eigenvalue weighted by Gasteiger charge is 2.52. The molecule has 0 spiro atoms. The van der Waals surface area contributed by atoms with E-state index in [-0.39, 0.29) is 44.6 Å². The molecule has 1 aromatic heterocycles. The van der Waals surface area contributed by atoms with Crippen molar-refractivity contribution < 1.29 is 4.42 Å². The molecule has 7 aromatic rings. The molecule has 3 heterocycles. The van der Waals surface area contributed by atoms with Crippen molar-refractivity contribution in [2.75, 3.05) is 9.80 Å². The lowest BCUT2D eigenvalue weighted by atomic mass is 9.35. The number of benzene rings is 6. The summed E-state index contributed by atoms with van der Waals surface area (Å²) in [6, 6.07) is 41.4. The Hall–Kier alpha value is -5.48. The number of rotatable bonds is 3. The van der Waals surface area contributed by atoms with Gasteiger partial charge < -0.3 is 14.2 Å². The van der Waals surface area contributed by atoms with Crippen molar-refractivity contribution in [3.05, 3.63) is 148 Å². The lowest BCUT2D eigenvalue weighted by Crippen LogP contribution is -2.61. The first-order chi connectivity index (χ1) is 33.4. The van der Waals surface area contributed by atoms with Gasteiger partial charge in [-0.15, -0.1) is 0 Å². The molecule has 6 aromatic carbocycles. The fourth-order valence-corrected chi connectivity index (χ4v) is 15.1. The van der Waals surface area contributed by atoms with Crippen molar-refractivity contribution in [2.45, 2.75) is 186 Å². The second kappa shape index (κ2) is 14.4. The molecule has 5 aliphatic carbocycles. The normalized spacial score (nSPS) is 23.7. The Morgan fingerprint density at radius 1 is 0.507 bits per heavy atom. The Bertz CT molecular complexity index is 3400. The summed E-state index contributed by atoms with van der Waals surface area (Å²) < 4.78 is 7.74. The molecular weight excluding hydrogens is 860 g/mol. The minimum absolute atomic E-state index is 0.0193. The molecule has 0 saturated heterocycles. The van der Waals surface area contributed by atoms with Crippen LogP contribution in [-0.2, 0) is 37.9 Å². The van der Waals surface area contributed by atoms with Gasteiger partial charge in [-0.3, -0.25) is 0 Å². The van der Waals surface area contributed by atoms with Gasteiger partial charge in [-0.05, 0) is 206 Å². The highest BCUT2D eigenvalue weighted by Crippen LogP contribution is 2.60. The molecule has 4 heteroatoms. The zero-order valence-electron chi connectivity index (χ0n) is 45.4. The van der Waals surface area contributed by atoms with Gasteiger partial charge in [0.05, 0.1) is 17.0 Å². The molecule has 2 bridgehead atoms. The van der Waals surface area contributed by atoms with Crippen molar-refractivity contribution in [3.63, 3.8) is 0 Å². The van der Waals surface area contributed by atoms with Crippen LogP contribution in [0.3, 0.4) is 0 Å². The van der Waals surface area contributed by atoms with E-state index in [1.807, 2.05) is 0 Å². The van der Waals surface area contributed by atoms with Crippen molar-refractivity contribution in [2.24, 2.45) is 0 Å². The van der Waals surface area contributed by atoms with Crippen LogP contribution >= 0.6 is 0 Å². The second-order valence-electron chi connectivity index (χ2n) is 27.7. The summed E-state index contributed by atoms with van der Waals surface area (Å²) >= 11 is 0. The fraction of sp³-hybridized carbons (Fsp3) is 0.433. The SMILES string of the molecule is Cc1cc2c3c(c1)N(c1ccc(C(C)(C)C)cc1)c1c(oc4cc5c(cc14)C1(C)CCC5(C)CC1)B3c1cc3c(cc1N2c1ccc2c(c1-c1ccccc1)C(C)(C)CCC2(C)C)C(C)(C)CCC3(C)C. The van der Waals surface area contributed by atoms with Crippen LogP contribution in [0.2, 0.25) is 0 Å². The Morgan fingerprint density at radius 2 is 1.07 bits per heavy atom. The molecule has 0 amide bonds. The van der Waals surface area contributed by atoms with E-state index in [0.717, 1.165) is 30.5 Å². The van der Waals surface area contributed by atoms with E-state index < -0.39 is 0 Å². The van der Waals surface area contributed by atoms with Crippen molar-refractivity contribution >= 4 is 68.4 Å². The monoisotopic (exact) mass is 935 g/mol. The molecule has 0 N–H and O–H groups in total. The van der Waals surface area contributed by atoms with E-state index in [1.54, 1.807) is 5.56 Å². The molecule has 14 rings (SSSR count). The smallest absolute Gasteiger partial charge is 0.297 e. The first-order valence-corrected chi connectivity index (χ1v) is 27.3. The van der Waals surface area contributed by atoms with E-state index in [4.69, 9.17) is 4.42 Å². The molecule has 2 aliphatic heterocycles. The van der Waals surface area contributed by atoms with Crippen LogP contribution in [0.15, 0.2) is 108 Å². The predicted molar refractivity (Wildman–Crippen MR) is 303 cm³/mol. The van der Waals surface area contributed by atoms with Gasteiger partial charge in [0.2, 0.25) is 0 Å². The summed E-state index contributed by atoms with van der Waals surface area (Å²) in [5.41, 5.74) is 27.0. The summed E-state index contributed by atoms with van der Waals surface area (Å²) in [6.45, 7) is 34.2. The molecule has 71 heavy (non-hydrogen) atoms. The molecule has 3 nitrogen and oxygen atoms in total. The number of fused-ring (bicyclic) bond motifs is 10. The van der Waals surface area contributed by atoms with Crippen molar-refractivity contribution in [3.8, 4) is 11.1 Å². The van der Waals surface area contributed by atoms with Crippen molar-refractivity contribution in [1.29, 1.82) is 0 Å². The van der Waals surface area contributed by atoms with Gasteiger partial charge >= 0.3 is 0 Å². The fourth-order valence-electron chi connectivity index (χ4n) is 15.1. The van der Waals surface area contributed by atoms with Crippen LogP contribution in [0.4, 0.5) is 34.1 Å². The zero-order valence-corrected chi connectivity index (χ0v) is 45.4. The number of aryl methyl sites for hydroxylation is 1.